The maximum absolute atomic E-state index is 14.7. The van der Waals surface area contributed by atoms with Crippen LogP contribution < -0.4 is 0 Å². The van der Waals surface area contributed by atoms with E-state index in [9.17, 15) is 36.1 Å². The molecule has 0 aromatic rings. The second kappa shape index (κ2) is 12.1. The van der Waals surface area contributed by atoms with E-state index in [0.717, 1.165) is 51.4 Å². The van der Waals surface area contributed by atoms with Gasteiger partial charge in [-0.1, -0.05) is 32.6 Å². The average Bonchev–Trinajstić information content (AvgIpc) is 2.98. The van der Waals surface area contributed by atoms with Crippen LogP contribution in [0.25, 0.3) is 0 Å². The van der Waals surface area contributed by atoms with Crippen LogP contribution in [-0.4, -0.2) is 54.4 Å². The van der Waals surface area contributed by atoms with E-state index in [2.05, 4.69) is 0 Å². The zero-order valence-electron chi connectivity index (χ0n) is 25.5. The van der Waals surface area contributed by atoms with E-state index in [4.69, 9.17) is 14.2 Å². The lowest BCUT2D eigenvalue weighted by Crippen LogP contribution is -2.60. The maximum Gasteiger partial charge on any atom is 0.465 e. The van der Waals surface area contributed by atoms with Crippen molar-refractivity contribution in [2.45, 2.75) is 120 Å². The standard InChI is InChI=1S/C32H46F2O9S/c1-2-26-21-13-18-9-10-23(20(12-18)15-21)27-22(17-41-28(35)24-7-3-4-8-25(24)29(36)42-26)14-19-6-5-11-31(27,16-19)43-30(37)32(33,34)44(38,39)40/h18-27H,2-17H2,1H3,(H,38,39,40). The zero-order chi connectivity index (χ0) is 31.4. The topological polar surface area (TPSA) is 133 Å². The predicted molar refractivity (Wildman–Crippen MR) is 152 cm³/mol. The highest BCUT2D eigenvalue weighted by atomic mass is 32.2. The summed E-state index contributed by atoms with van der Waals surface area (Å²) >= 11 is 0. The molecular formula is C32H46F2O9S. The summed E-state index contributed by atoms with van der Waals surface area (Å²) in [5, 5.41) is -5.09. The number of rotatable bonds is 4. The molecule has 12 heteroatoms. The molecule has 0 spiro atoms. The third-order valence-corrected chi connectivity index (χ3v) is 13.1. The van der Waals surface area contributed by atoms with Gasteiger partial charge in [0.2, 0.25) is 0 Å². The number of carbonyl (C=O) groups is 3. The lowest BCUT2D eigenvalue weighted by Gasteiger charge is -2.58. The molecule has 6 aliphatic rings. The Hall–Kier alpha value is -1.82. The fourth-order valence-electron chi connectivity index (χ4n) is 10.6. The van der Waals surface area contributed by atoms with Gasteiger partial charge in [0.25, 0.3) is 0 Å². The largest absolute Gasteiger partial charge is 0.465 e. The average molecular weight is 645 g/mol. The van der Waals surface area contributed by atoms with E-state index in [1.165, 1.54) is 0 Å². The van der Waals surface area contributed by atoms with E-state index < -0.39 is 50.7 Å². The van der Waals surface area contributed by atoms with Crippen molar-refractivity contribution < 1.29 is 50.3 Å². The number of alkyl halides is 2. The van der Waals surface area contributed by atoms with Crippen LogP contribution >= 0.6 is 0 Å². The van der Waals surface area contributed by atoms with Crippen LogP contribution in [0.1, 0.15) is 103 Å². The van der Waals surface area contributed by atoms with Gasteiger partial charge in [-0.2, -0.15) is 17.2 Å². The quantitative estimate of drug-likeness (QED) is 0.232. The third-order valence-electron chi connectivity index (χ3n) is 12.3. The molecule has 11 atom stereocenters. The van der Waals surface area contributed by atoms with E-state index in [1.54, 1.807) is 0 Å². The Morgan fingerprint density at radius 3 is 2.32 bits per heavy atom. The highest BCUT2D eigenvalue weighted by Crippen LogP contribution is 2.60. The molecule has 1 saturated heterocycles. The fraction of sp³-hybridized carbons (Fsp3) is 0.906. The zero-order valence-corrected chi connectivity index (χ0v) is 26.3. The Morgan fingerprint density at radius 1 is 0.932 bits per heavy atom. The van der Waals surface area contributed by atoms with Crippen molar-refractivity contribution in [2.75, 3.05) is 6.61 Å². The summed E-state index contributed by atoms with van der Waals surface area (Å²) < 4.78 is 79.4. The fourth-order valence-corrected chi connectivity index (χ4v) is 10.9. The summed E-state index contributed by atoms with van der Waals surface area (Å²) in [5.41, 5.74) is -1.35. The number of ether oxygens (including phenoxy) is 3. The molecule has 44 heavy (non-hydrogen) atoms. The first-order valence-electron chi connectivity index (χ1n) is 16.8. The summed E-state index contributed by atoms with van der Waals surface area (Å²) in [6.07, 6.45) is 10.3. The van der Waals surface area contributed by atoms with Crippen molar-refractivity contribution in [3.63, 3.8) is 0 Å². The third kappa shape index (κ3) is 5.79. The van der Waals surface area contributed by atoms with E-state index in [-0.39, 0.29) is 48.3 Å². The van der Waals surface area contributed by atoms with Crippen molar-refractivity contribution in [2.24, 2.45) is 53.3 Å². The van der Waals surface area contributed by atoms with Crippen molar-refractivity contribution in [1.82, 2.24) is 0 Å². The van der Waals surface area contributed by atoms with Gasteiger partial charge in [-0.05, 0) is 100 Å². The van der Waals surface area contributed by atoms with Crippen LogP contribution in [-0.2, 0) is 38.7 Å². The minimum atomic E-state index is -6.03. The molecule has 6 fully saturated rings. The Labute approximate surface area is 258 Å². The number of hydrogen-bond acceptors (Lipinski definition) is 8. The lowest BCUT2D eigenvalue weighted by molar-refractivity contribution is -0.218. The van der Waals surface area contributed by atoms with Gasteiger partial charge in [-0.25, -0.2) is 4.79 Å². The minimum Gasteiger partial charge on any atom is -0.465 e. The molecule has 0 amide bonds. The number of fused-ring (bicyclic) bond motifs is 8. The Kier molecular flexibility index (Phi) is 8.82. The summed E-state index contributed by atoms with van der Waals surface area (Å²) in [7, 11) is -6.03. The molecule has 1 heterocycles. The highest BCUT2D eigenvalue weighted by molar-refractivity contribution is 7.87. The Morgan fingerprint density at radius 2 is 1.61 bits per heavy atom. The van der Waals surface area contributed by atoms with Crippen LogP contribution in [0.5, 0.6) is 0 Å². The molecule has 11 unspecified atom stereocenters. The van der Waals surface area contributed by atoms with Gasteiger partial charge in [0.05, 0.1) is 18.4 Å². The first-order valence-corrected chi connectivity index (χ1v) is 18.2. The van der Waals surface area contributed by atoms with Gasteiger partial charge in [0.15, 0.2) is 0 Å². The van der Waals surface area contributed by atoms with Crippen molar-refractivity contribution in [3.8, 4) is 0 Å². The number of halogens is 2. The molecule has 1 N–H and O–H groups in total. The maximum atomic E-state index is 14.7. The molecule has 5 aliphatic carbocycles. The molecule has 6 rings (SSSR count). The van der Waals surface area contributed by atoms with Gasteiger partial charge in [0.1, 0.15) is 11.7 Å². The Bertz CT molecular complexity index is 1240. The minimum absolute atomic E-state index is 0.0254. The summed E-state index contributed by atoms with van der Waals surface area (Å²) in [5.74, 6) is -4.07. The van der Waals surface area contributed by atoms with E-state index in [1.807, 2.05) is 6.92 Å². The highest BCUT2D eigenvalue weighted by Gasteiger charge is 2.62. The van der Waals surface area contributed by atoms with Gasteiger partial charge >= 0.3 is 33.3 Å². The number of carbonyl (C=O) groups excluding carboxylic acids is 3. The van der Waals surface area contributed by atoms with Crippen LogP contribution in [0.2, 0.25) is 0 Å². The molecule has 5 saturated carbocycles. The number of cyclic esters (lactones) is 2. The smallest absolute Gasteiger partial charge is 0.465 e. The van der Waals surface area contributed by atoms with Crippen molar-refractivity contribution in [1.29, 1.82) is 0 Å². The van der Waals surface area contributed by atoms with Crippen LogP contribution in [0.3, 0.4) is 0 Å². The normalized spacial score (nSPS) is 43.0. The predicted octanol–water partition coefficient (Wildman–Crippen LogP) is 5.70. The molecule has 248 valence electrons. The SMILES string of the molecule is CCC1OC(=O)C2CCCCC2C(=O)OCC2CC3CCCC(OC(=O)C(F)(F)S(=O)(=O)O)(C3)C2C2CCC3CC1CC2C3. The monoisotopic (exact) mass is 644 g/mol. The summed E-state index contributed by atoms with van der Waals surface area (Å²) in [6.45, 7) is 2.04. The molecule has 0 radical (unpaired) electrons. The Balaban J connectivity index is 1.40. The van der Waals surface area contributed by atoms with Gasteiger partial charge in [0, 0.05) is 11.8 Å². The molecule has 1 aliphatic heterocycles. The van der Waals surface area contributed by atoms with Gasteiger partial charge < -0.3 is 14.2 Å². The van der Waals surface area contributed by atoms with Crippen LogP contribution in [0.15, 0.2) is 0 Å². The molecule has 0 aromatic heterocycles. The van der Waals surface area contributed by atoms with Gasteiger partial charge in [-0.3, -0.25) is 14.1 Å². The molecule has 0 aromatic carbocycles. The summed E-state index contributed by atoms with van der Waals surface area (Å²) in [6, 6.07) is 0. The van der Waals surface area contributed by atoms with Crippen LogP contribution in [0.4, 0.5) is 8.78 Å². The summed E-state index contributed by atoms with van der Waals surface area (Å²) in [4.78, 5) is 40.0. The van der Waals surface area contributed by atoms with Crippen LogP contribution in [0, 0.1) is 53.3 Å². The molecular weight excluding hydrogens is 598 g/mol. The second-order valence-electron chi connectivity index (χ2n) is 14.8. The van der Waals surface area contributed by atoms with E-state index >= 15 is 0 Å². The second-order valence-corrected chi connectivity index (χ2v) is 16.2. The molecule has 9 nitrogen and oxygen atoms in total. The van der Waals surface area contributed by atoms with E-state index in [0.29, 0.717) is 50.9 Å². The molecule has 5 bridgehead atoms. The lowest BCUT2D eigenvalue weighted by atomic mass is 9.50. The van der Waals surface area contributed by atoms with Crippen molar-refractivity contribution in [3.05, 3.63) is 0 Å². The van der Waals surface area contributed by atoms with Gasteiger partial charge in [-0.15, -0.1) is 0 Å². The van der Waals surface area contributed by atoms with Crippen molar-refractivity contribution >= 4 is 28.0 Å². The first kappa shape index (κ1) is 32.1. The first-order chi connectivity index (χ1) is 20.8. The number of hydrogen-bond donors (Lipinski definition) is 1. The number of esters is 3.